The van der Waals surface area contributed by atoms with Gasteiger partial charge in [-0.15, -0.1) is 10.2 Å². The number of aromatic nitrogens is 3. The van der Waals surface area contributed by atoms with Crippen LogP contribution in [0.4, 0.5) is 0 Å². The van der Waals surface area contributed by atoms with Gasteiger partial charge in [0.1, 0.15) is 11.9 Å². The number of aryl methyl sites for hydroxylation is 1. The van der Waals surface area contributed by atoms with Gasteiger partial charge in [-0.1, -0.05) is 12.5 Å². The van der Waals surface area contributed by atoms with E-state index in [1.165, 1.54) is 14.0 Å². The summed E-state index contributed by atoms with van der Waals surface area (Å²) >= 11 is 0. The van der Waals surface area contributed by atoms with E-state index in [1.807, 2.05) is 4.57 Å². The lowest BCUT2D eigenvalue weighted by molar-refractivity contribution is -0.132. The number of nitrogens with zero attached hydrogens (tertiary/aromatic N) is 4. The highest BCUT2D eigenvalue weighted by atomic mass is 16.6. The van der Waals surface area contributed by atoms with Gasteiger partial charge in [0.05, 0.1) is 12.7 Å². The third-order valence-corrected chi connectivity index (χ3v) is 4.22. The number of allylic oxidation sites excluding steroid dienone is 1. The van der Waals surface area contributed by atoms with E-state index in [-0.39, 0.29) is 0 Å². The predicted octanol–water partition coefficient (Wildman–Crippen LogP) is 3.00. The van der Waals surface area contributed by atoms with Crippen molar-refractivity contribution in [2.75, 3.05) is 7.11 Å². The van der Waals surface area contributed by atoms with Crippen LogP contribution in [0, 0.1) is 11.3 Å². The maximum absolute atomic E-state index is 11.2. The van der Waals surface area contributed by atoms with Crippen LogP contribution in [0.2, 0.25) is 0 Å². The number of hydrogen-bond donors (Lipinski definition) is 0. The zero-order valence-corrected chi connectivity index (χ0v) is 14.9. The SMILES string of the molecule is COc1cc(C=C(C#N)c2nnc3n2CCCCC3)ccc1OC(C)=O. The minimum atomic E-state index is -0.421. The molecule has 1 aliphatic rings. The molecular formula is C19H20N4O3. The summed E-state index contributed by atoms with van der Waals surface area (Å²) in [5, 5.41) is 18.1. The number of esters is 1. The Labute approximate surface area is 151 Å². The van der Waals surface area contributed by atoms with Crippen LogP contribution >= 0.6 is 0 Å². The first-order valence-corrected chi connectivity index (χ1v) is 8.53. The Bertz CT molecular complexity index is 893. The summed E-state index contributed by atoms with van der Waals surface area (Å²) < 4.78 is 12.4. The first-order chi connectivity index (χ1) is 12.6. The second-order valence-corrected chi connectivity index (χ2v) is 6.08. The first kappa shape index (κ1) is 17.7. The Morgan fingerprint density at radius 1 is 1.27 bits per heavy atom. The summed E-state index contributed by atoms with van der Waals surface area (Å²) in [4.78, 5) is 11.2. The van der Waals surface area contributed by atoms with Gasteiger partial charge < -0.3 is 14.0 Å². The van der Waals surface area contributed by atoms with Crippen molar-refractivity contribution >= 4 is 17.6 Å². The molecule has 0 unspecified atom stereocenters. The molecule has 3 rings (SSSR count). The summed E-state index contributed by atoms with van der Waals surface area (Å²) in [6.07, 6.45) is 5.93. The Morgan fingerprint density at radius 2 is 2.12 bits per heavy atom. The highest BCUT2D eigenvalue weighted by Crippen LogP contribution is 2.30. The lowest BCUT2D eigenvalue weighted by Crippen LogP contribution is -2.05. The molecule has 0 N–H and O–H groups in total. The van der Waals surface area contributed by atoms with Crippen LogP contribution in [0.1, 0.15) is 43.4 Å². The summed E-state index contributed by atoms with van der Waals surface area (Å²) in [6, 6.07) is 7.34. The Morgan fingerprint density at radius 3 is 2.85 bits per heavy atom. The maximum atomic E-state index is 11.2. The Hall–Kier alpha value is -3.14. The number of nitriles is 1. The molecule has 0 saturated carbocycles. The number of methoxy groups -OCH3 is 1. The van der Waals surface area contributed by atoms with E-state index in [9.17, 15) is 10.1 Å². The van der Waals surface area contributed by atoms with Crippen molar-refractivity contribution in [1.29, 1.82) is 5.26 Å². The quantitative estimate of drug-likeness (QED) is 0.477. The number of rotatable bonds is 4. The standard InChI is InChI=1S/C19H20N4O3/c1-13(24)26-16-8-7-14(11-17(16)25-2)10-15(12-20)19-22-21-18-6-4-3-5-9-23(18)19/h7-8,10-11H,3-6,9H2,1-2H3. The second kappa shape index (κ2) is 7.83. The fraction of sp³-hybridized carbons (Fsp3) is 0.368. The molecule has 0 atom stereocenters. The number of hydrogen-bond acceptors (Lipinski definition) is 6. The molecule has 0 saturated heterocycles. The van der Waals surface area contributed by atoms with Crippen LogP contribution < -0.4 is 9.47 Å². The molecule has 26 heavy (non-hydrogen) atoms. The minimum Gasteiger partial charge on any atom is -0.493 e. The van der Waals surface area contributed by atoms with E-state index >= 15 is 0 Å². The Kier molecular flexibility index (Phi) is 5.32. The van der Waals surface area contributed by atoms with E-state index in [2.05, 4.69) is 16.3 Å². The molecule has 1 aliphatic heterocycles. The van der Waals surface area contributed by atoms with Crippen LogP contribution in [-0.4, -0.2) is 27.8 Å². The predicted molar refractivity (Wildman–Crippen MR) is 95.4 cm³/mol. The summed E-state index contributed by atoms with van der Waals surface area (Å²) in [7, 11) is 1.50. The molecule has 2 heterocycles. The van der Waals surface area contributed by atoms with Gasteiger partial charge in [0.25, 0.3) is 0 Å². The van der Waals surface area contributed by atoms with Gasteiger partial charge in [-0.3, -0.25) is 4.79 Å². The molecule has 2 aromatic rings. The molecule has 1 aromatic heterocycles. The molecule has 7 heteroatoms. The van der Waals surface area contributed by atoms with Gasteiger partial charge >= 0.3 is 5.97 Å². The molecule has 7 nitrogen and oxygen atoms in total. The van der Waals surface area contributed by atoms with Crippen molar-refractivity contribution in [2.45, 2.75) is 39.2 Å². The van der Waals surface area contributed by atoms with E-state index in [1.54, 1.807) is 24.3 Å². The number of carbonyl (C=O) groups excluding carboxylic acids is 1. The van der Waals surface area contributed by atoms with Crippen LogP contribution in [0.5, 0.6) is 11.5 Å². The molecule has 0 bridgehead atoms. The third kappa shape index (κ3) is 3.75. The van der Waals surface area contributed by atoms with Gasteiger partial charge in [0, 0.05) is 19.9 Å². The van der Waals surface area contributed by atoms with Crippen molar-refractivity contribution in [1.82, 2.24) is 14.8 Å². The van der Waals surface area contributed by atoms with Crippen molar-refractivity contribution in [3.63, 3.8) is 0 Å². The van der Waals surface area contributed by atoms with Gasteiger partial charge in [-0.25, -0.2) is 0 Å². The normalized spacial score (nSPS) is 14.1. The van der Waals surface area contributed by atoms with Crippen molar-refractivity contribution in [3.8, 4) is 17.6 Å². The highest BCUT2D eigenvalue weighted by molar-refractivity contribution is 5.87. The van der Waals surface area contributed by atoms with Gasteiger partial charge in [-0.05, 0) is 36.6 Å². The van der Waals surface area contributed by atoms with Crippen molar-refractivity contribution in [3.05, 3.63) is 35.4 Å². The zero-order chi connectivity index (χ0) is 18.5. The summed E-state index contributed by atoms with van der Waals surface area (Å²) in [5.41, 5.74) is 1.19. The summed E-state index contributed by atoms with van der Waals surface area (Å²) in [5.74, 6) is 1.86. The molecule has 1 aromatic carbocycles. The Balaban J connectivity index is 1.96. The van der Waals surface area contributed by atoms with Gasteiger partial charge in [0.2, 0.25) is 0 Å². The smallest absolute Gasteiger partial charge is 0.308 e. The monoisotopic (exact) mass is 352 g/mol. The van der Waals surface area contributed by atoms with Gasteiger partial charge in [0.15, 0.2) is 17.3 Å². The average Bonchev–Trinajstić information content (AvgIpc) is 2.88. The lowest BCUT2D eigenvalue weighted by Gasteiger charge is -2.09. The number of carbonyl (C=O) groups is 1. The topological polar surface area (TPSA) is 90.0 Å². The highest BCUT2D eigenvalue weighted by Gasteiger charge is 2.18. The van der Waals surface area contributed by atoms with E-state index in [4.69, 9.17) is 9.47 Å². The van der Waals surface area contributed by atoms with Crippen molar-refractivity contribution in [2.24, 2.45) is 0 Å². The maximum Gasteiger partial charge on any atom is 0.308 e. The molecule has 0 fully saturated rings. The van der Waals surface area contributed by atoms with Crippen LogP contribution in [-0.2, 0) is 17.8 Å². The number of benzene rings is 1. The lowest BCUT2D eigenvalue weighted by atomic mass is 10.1. The third-order valence-electron chi connectivity index (χ3n) is 4.22. The molecule has 0 aliphatic carbocycles. The minimum absolute atomic E-state index is 0.340. The average molecular weight is 352 g/mol. The van der Waals surface area contributed by atoms with Crippen LogP contribution in [0.15, 0.2) is 18.2 Å². The molecule has 0 radical (unpaired) electrons. The van der Waals surface area contributed by atoms with E-state index < -0.39 is 5.97 Å². The largest absolute Gasteiger partial charge is 0.493 e. The zero-order valence-electron chi connectivity index (χ0n) is 14.9. The van der Waals surface area contributed by atoms with E-state index in [0.29, 0.717) is 22.9 Å². The fourth-order valence-electron chi connectivity index (χ4n) is 3.01. The fourth-order valence-corrected chi connectivity index (χ4v) is 3.01. The summed E-state index contributed by atoms with van der Waals surface area (Å²) in [6.45, 7) is 2.16. The van der Waals surface area contributed by atoms with Gasteiger partial charge in [-0.2, -0.15) is 5.26 Å². The molecule has 0 spiro atoms. The van der Waals surface area contributed by atoms with Crippen LogP contribution in [0.25, 0.3) is 11.6 Å². The molecule has 134 valence electrons. The first-order valence-electron chi connectivity index (χ1n) is 8.53. The van der Waals surface area contributed by atoms with Crippen LogP contribution in [0.3, 0.4) is 0 Å². The van der Waals surface area contributed by atoms with Crippen molar-refractivity contribution < 1.29 is 14.3 Å². The molecule has 0 amide bonds. The number of fused-ring (bicyclic) bond motifs is 1. The second-order valence-electron chi connectivity index (χ2n) is 6.08. The van der Waals surface area contributed by atoms with E-state index in [0.717, 1.165) is 43.6 Å². The number of ether oxygens (including phenoxy) is 2. The molecular weight excluding hydrogens is 332 g/mol.